The van der Waals surface area contributed by atoms with Crippen LogP contribution in [0.25, 0.3) is 17.0 Å². The van der Waals surface area contributed by atoms with Crippen LogP contribution in [0.3, 0.4) is 0 Å². The number of rotatable bonds is 4. The minimum Gasteiger partial charge on any atom is -0.334 e. The molecule has 1 atom stereocenters. The zero-order valence-electron chi connectivity index (χ0n) is 17.8. The predicted octanol–water partition coefficient (Wildman–Crippen LogP) is 6.37. The summed E-state index contributed by atoms with van der Waals surface area (Å²) in [6.45, 7) is 1.73. The number of anilines is 1. The number of allylic oxidation sites excluding steroid dienone is 1. The van der Waals surface area contributed by atoms with E-state index in [-0.39, 0.29) is 11.7 Å². The number of hydrogen-bond acceptors (Lipinski definition) is 4. The van der Waals surface area contributed by atoms with E-state index in [0.717, 1.165) is 0 Å². The molecule has 1 unspecified atom stereocenters. The van der Waals surface area contributed by atoms with E-state index in [1.807, 2.05) is 0 Å². The van der Waals surface area contributed by atoms with Gasteiger partial charge in [-0.25, -0.2) is 13.6 Å². The van der Waals surface area contributed by atoms with Crippen LogP contribution >= 0.6 is 11.6 Å². The van der Waals surface area contributed by atoms with Crippen molar-refractivity contribution in [2.75, 3.05) is 4.90 Å². The van der Waals surface area contributed by atoms with Crippen molar-refractivity contribution in [1.29, 1.82) is 0 Å². The minimum absolute atomic E-state index is 0.109. The van der Waals surface area contributed by atoms with Gasteiger partial charge in [0.15, 0.2) is 0 Å². The Hall–Kier alpha value is -4.04. The van der Waals surface area contributed by atoms with Crippen molar-refractivity contribution in [1.82, 2.24) is 15.5 Å². The number of nitrogens with one attached hydrogen (secondary N) is 1. The maximum Gasteiger partial charge on any atom is 0.326 e. The Morgan fingerprint density at radius 2 is 1.74 bits per heavy atom. The predicted molar refractivity (Wildman–Crippen MR) is 124 cm³/mol. The van der Waals surface area contributed by atoms with Crippen molar-refractivity contribution >= 4 is 28.9 Å². The van der Waals surface area contributed by atoms with Crippen LogP contribution in [0.5, 0.6) is 0 Å². The smallest absolute Gasteiger partial charge is 0.326 e. The molecule has 2 heterocycles. The maximum atomic E-state index is 14.1. The second-order valence-corrected chi connectivity index (χ2v) is 8.12. The van der Waals surface area contributed by atoms with E-state index in [9.17, 15) is 13.6 Å². The Morgan fingerprint density at radius 1 is 1.00 bits per heavy atom. The highest BCUT2D eigenvalue weighted by atomic mass is 35.5. The number of benzene rings is 3. The number of halogens is 3. The normalized spacial score (nSPS) is 16.1. The van der Waals surface area contributed by atoms with E-state index in [4.69, 9.17) is 16.1 Å². The third kappa shape index (κ3) is 4.04. The first-order valence-electron chi connectivity index (χ1n) is 10.3. The number of nitrogens with zero attached hydrogens (tertiary/aromatic N) is 3. The average Bonchev–Trinajstić information content (AvgIpc) is 3.28. The lowest BCUT2D eigenvalue weighted by Gasteiger charge is -2.35. The van der Waals surface area contributed by atoms with Crippen LogP contribution in [-0.2, 0) is 0 Å². The molecule has 4 aromatic rings. The van der Waals surface area contributed by atoms with E-state index in [1.165, 1.54) is 29.2 Å². The van der Waals surface area contributed by atoms with Crippen LogP contribution in [0.2, 0.25) is 5.02 Å². The lowest BCUT2D eigenvalue weighted by molar-refractivity contribution is 0.244. The quantitative estimate of drug-likeness (QED) is 0.370. The molecule has 0 radical (unpaired) electrons. The van der Waals surface area contributed by atoms with E-state index in [2.05, 4.69) is 15.5 Å². The second-order valence-electron chi connectivity index (χ2n) is 7.69. The van der Waals surface area contributed by atoms with Crippen LogP contribution < -0.4 is 10.2 Å². The van der Waals surface area contributed by atoms with Crippen LogP contribution in [0.15, 0.2) is 83.0 Å². The third-order valence-corrected chi connectivity index (χ3v) is 5.71. The number of carbonyl (C=O) groups is 1. The van der Waals surface area contributed by atoms with E-state index < -0.39 is 23.7 Å². The topological polar surface area (TPSA) is 71.3 Å². The van der Waals surface area contributed by atoms with Gasteiger partial charge in [0.2, 0.25) is 5.82 Å². The molecule has 2 amide bonds. The molecule has 1 N–H and O–H groups in total. The Labute approximate surface area is 198 Å². The molecule has 0 fully saturated rings. The van der Waals surface area contributed by atoms with Crippen molar-refractivity contribution in [3.05, 3.63) is 107 Å². The van der Waals surface area contributed by atoms with Crippen molar-refractivity contribution in [2.24, 2.45) is 0 Å². The van der Waals surface area contributed by atoms with Gasteiger partial charge >= 0.3 is 6.03 Å². The molecule has 1 aliphatic heterocycles. The summed E-state index contributed by atoms with van der Waals surface area (Å²) < 4.78 is 33.3. The molecule has 3 aromatic carbocycles. The van der Waals surface area contributed by atoms with Gasteiger partial charge in [0, 0.05) is 16.3 Å². The number of aromatic nitrogens is 2. The molecule has 0 bridgehead atoms. The Balaban J connectivity index is 1.67. The fraction of sp³-hybridized carbons (Fsp3) is 0.0800. The fourth-order valence-corrected chi connectivity index (χ4v) is 4.14. The van der Waals surface area contributed by atoms with E-state index in [1.54, 1.807) is 55.5 Å². The lowest BCUT2D eigenvalue weighted by Crippen LogP contribution is -2.46. The molecule has 6 nitrogen and oxygen atoms in total. The SMILES string of the molecule is CC1=C(c2nc(-c3cccc(F)c3)no2)C(c2cccc(F)c2)NC(=O)N1c1cccc(Cl)c1. The number of hydrogen-bond donors (Lipinski definition) is 1. The summed E-state index contributed by atoms with van der Waals surface area (Å²) in [5.74, 6) is -0.599. The summed E-state index contributed by atoms with van der Waals surface area (Å²) in [7, 11) is 0. The summed E-state index contributed by atoms with van der Waals surface area (Å²) in [5, 5.41) is 7.35. The van der Waals surface area contributed by atoms with Gasteiger partial charge in [0.05, 0.1) is 17.3 Å². The summed E-state index contributed by atoms with van der Waals surface area (Å²) in [6, 6.07) is 17.3. The zero-order chi connectivity index (χ0) is 23.8. The number of carbonyl (C=O) groups excluding carboxylic acids is 1. The van der Waals surface area contributed by atoms with Gasteiger partial charge in [-0.05, 0) is 55.0 Å². The highest BCUT2D eigenvalue weighted by molar-refractivity contribution is 6.31. The Morgan fingerprint density at radius 3 is 2.47 bits per heavy atom. The van der Waals surface area contributed by atoms with Gasteiger partial charge < -0.3 is 9.84 Å². The van der Waals surface area contributed by atoms with Crippen LogP contribution in [-0.4, -0.2) is 16.2 Å². The van der Waals surface area contributed by atoms with Gasteiger partial charge in [-0.15, -0.1) is 0 Å². The number of amides is 2. The third-order valence-electron chi connectivity index (χ3n) is 5.47. The molecule has 1 aliphatic rings. The van der Waals surface area contributed by atoms with Crippen LogP contribution in [0.4, 0.5) is 19.3 Å². The van der Waals surface area contributed by atoms with Crippen molar-refractivity contribution in [3.8, 4) is 11.4 Å². The first-order chi connectivity index (χ1) is 16.4. The molecule has 34 heavy (non-hydrogen) atoms. The molecule has 0 spiro atoms. The van der Waals surface area contributed by atoms with Crippen molar-refractivity contribution < 1.29 is 18.1 Å². The first kappa shape index (κ1) is 21.8. The van der Waals surface area contributed by atoms with Gasteiger partial charge in [-0.1, -0.05) is 47.1 Å². The van der Waals surface area contributed by atoms with Gasteiger partial charge in [-0.3, -0.25) is 4.90 Å². The molecule has 0 aliphatic carbocycles. The van der Waals surface area contributed by atoms with E-state index >= 15 is 0 Å². The van der Waals surface area contributed by atoms with Gasteiger partial charge in [-0.2, -0.15) is 4.98 Å². The van der Waals surface area contributed by atoms with Crippen molar-refractivity contribution in [3.63, 3.8) is 0 Å². The zero-order valence-corrected chi connectivity index (χ0v) is 18.6. The molecule has 9 heteroatoms. The molecule has 1 aromatic heterocycles. The summed E-state index contributed by atoms with van der Waals surface area (Å²) in [6.07, 6.45) is 0. The highest BCUT2D eigenvalue weighted by Gasteiger charge is 2.36. The Bertz CT molecular complexity index is 1440. The summed E-state index contributed by atoms with van der Waals surface area (Å²) in [4.78, 5) is 19.1. The molecular formula is C25H17ClF2N4O2. The second kappa shape index (κ2) is 8.72. The molecule has 0 saturated heterocycles. The largest absolute Gasteiger partial charge is 0.334 e. The first-order valence-corrected chi connectivity index (χ1v) is 10.7. The average molecular weight is 479 g/mol. The molecule has 0 saturated carbocycles. The standard InChI is InChI=1S/C25H17ClF2N4O2/c1-14-21(24-30-23(31-34-24)16-6-3-9-19(28)12-16)22(15-5-2-8-18(27)11-15)29-25(33)32(14)20-10-4-7-17(26)13-20/h2-13,22H,1H3,(H,29,33). The molecule has 170 valence electrons. The summed E-state index contributed by atoms with van der Waals surface area (Å²) in [5.41, 5.74) is 2.43. The van der Waals surface area contributed by atoms with E-state index in [0.29, 0.717) is 33.1 Å². The summed E-state index contributed by atoms with van der Waals surface area (Å²) >= 11 is 6.15. The Kier molecular flexibility index (Phi) is 5.59. The monoisotopic (exact) mass is 478 g/mol. The molecule has 5 rings (SSSR count). The van der Waals surface area contributed by atoms with Crippen LogP contribution in [0, 0.1) is 11.6 Å². The van der Waals surface area contributed by atoms with Gasteiger partial charge in [0.25, 0.3) is 5.89 Å². The highest BCUT2D eigenvalue weighted by Crippen LogP contribution is 2.39. The minimum atomic E-state index is -0.764. The van der Waals surface area contributed by atoms with Crippen LogP contribution in [0.1, 0.15) is 24.4 Å². The molecular weight excluding hydrogens is 462 g/mol. The van der Waals surface area contributed by atoms with Crippen molar-refractivity contribution in [2.45, 2.75) is 13.0 Å². The van der Waals surface area contributed by atoms with Gasteiger partial charge in [0.1, 0.15) is 11.6 Å². The fourth-order valence-electron chi connectivity index (χ4n) is 3.96. The maximum absolute atomic E-state index is 14.1. The lowest BCUT2D eigenvalue weighted by atomic mass is 9.94. The number of urea groups is 1.